The van der Waals surface area contributed by atoms with Crippen molar-refractivity contribution in [3.63, 3.8) is 0 Å². The average Bonchev–Trinajstić information content (AvgIpc) is 2.15. The Morgan fingerprint density at radius 2 is 2.00 bits per heavy atom. The number of pyridine rings is 1. The van der Waals surface area contributed by atoms with E-state index in [9.17, 15) is 8.78 Å². The Balaban J connectivity index is 2.97. The number of rotatable bonds is 0. The molecule has 0 N–H and O–H groups in total. The van der Waals surface area contributed by atoms with Gasteiger partial charge in [0.15, 0.2) is 0 Å². The quantitative estimate of drug-likeness (QED) is 0.606. The van der Waals surface area contributed by atoms with E-state index in [1.165, 1.54) is 6.20 Å². The van der Waals surface area contributed by atoms with Gasteiger partial charge in [-0.25, -0.2) is 8.78 Å². The normalized spacial score (nSPS) is 10.7. The van der Waals surface area contributed by atoms with E-state index < -0.39 is 11.6 Å². The highest BCUT2D eigenvalue weighted by Gasteiger charge is 2.08. The van der Waals surface area contributed by atoms with Crippen LogP contribution in [0.4, 0.5) is 8.78 Å². The molecule has 0 aliphatic rings. The largest absolute Gasteiger partial charge is 0.256 e. The molecule has 1 nitrogen and oxygen atoms in total. The van der Waals surface area contributed by atoms with Crippen LogP contribution < -0.4 is 0 Å². The zero-order chi connectivity index (χ0) is 9.42. The van der Waals surface area contributed by atoms with E-state index in [0.717, 1.165) is 6.07 Å². The first kappa shape index (κ1) is 8.10. The van der Waals surface area contributed by atoms with Crippen molar-refractivity contribution in [3.8, 4) is 0 Å². The molecule has 1 aromatic carbocycles. The summed E-state index contributed by atoms with van der Waals surface area (Å²) in [5.41, 5.74) is 0.775. The fraction of sp³-hybridized carbons (Fsp3) is 0.100. The summed E-state index contributed by atoms with van der Waals surface area (Å²) in [4.78, 5) is 3.92. The molecule has 2 rings (SSSR count). The van der Waals surface area contributed by atoms with Gasteiger partial charge >= 0.3 is 0 Å². The van der Waals surface area contributed by atoms with E-state index in [4.69, 9.17) is 0 Å². The molecule has 0 saturated carbocycles. The summed E-state index contributed by atoms with van der Waals surface area (Å²) in [6.07, 6.45) is 1.52. The Morgan fingerprint density at radius 3 is 2.77 bits per heavy atom. The van der Waals surface area contributed by atoms with E-state index in [1.807, 2.05) is 0 Å². The molecular weight excluding hydrogens is 172 g/mol. The third-order valence-corrected chi connectivity index (χ3v) is 2.03. The van der Waals surface area contributed by atoms with Crippen molar-refractivity contribution in [3.05, 3.63) is 41.6 Å². The second-order valence-corrected chi connectivity index (χ2v) is 2.86. The van der Waals surface area contributed by atoms with Crippen molar-refractivity contribution in [2.24, 2.45) is 0 Å². The van der Waals surface area contributed by atoms with Gasteiger partial charge in [-0.15, -0.1) is 0 Å². The molecule has 0 saturated heterocycles. The molecule has 0 atom stereocenters. The van der Waals surface area contributed by atoms with Gasteiger partial charge in [-0.2, -0.15) is 0 Å². The number of hydrogen-bond acceptors (Lipinski definition) is 1. The van der Waals surface area contributed by atoms with Crippen LogP contribution >= 0.6 is 0 Å². The molecule has 0 unspecified atom stereocenters. The maximum Gasteiger partial charge on any atom is 0.135 e. The van der Waals surface area contributed by atoms with Crippen LogP contribution in [0.2, 0.25) is 0 Å². The van der Waals surface area contributed by atoms with Crippen LogP contribution in [0.15, 0.2) is 24.4 Å². The molecule has 66 valence electrons. The monoisotopic (exact) mass is 179 g/mol. The van der Waals surface area contributed by atoms with E-state index in [-0.39, 0.29) is 0 Å². The van der Waals surface area contributed by atoms with Gasteiger partial charge in [-0.1, -0.05) is 0 Å². The van der Waals surface area contributed by atoms with Gasteiger partial charge in [-0.05, 0) is 19.1 Å². The fourth-order valence-electron chi connectivity index (χ4n) is 1.31. The van der Waals surface area contributed by atoms with Crippen LogP contribution in [0.25, 0.3) is 10.9 Å². The third-order valence-electron chi connectivity index (χ3n) is 2.03. The predicted octanol–water partition coefficient (Wildman–Crippen LogP) is 2.82. The Labute approximate surface area is 74.0 Å². The number of nitrogens with zero attached hydrogens (tertiary/aromatic N) is 1. The molecule has 13 heavy (non-hydrogen) atoms. The van der Waals surface area contributed by atoms with Crippen LogP contribution in [0, 0.1) is 18.6 Å². The molecule has 1 heterocycles. The summed E-state index contributed by atoms with van der Waals surface area (Å²) in [6.45, 7) is 1.59. The zero-order valence-electron chi connectivity index (χ0n) is 7.01. The Hall–Kier alpha value is -1.51. The van der Waals surface area contributed by atoms with E-state index >= 15 is 0 Å². The van der Waals surface area contributed by atoms with Gasteiger partial charge in [0.05, 0.1) is 5.52 Å². The predicted molar refractivity (Wildman–Crippen MR) is 46.4 cm³/mol. The van der Waals surface area contributed by atoms with Gasteiger partial charge < -0.3 is 0 Å². The van der Waals surface area contributed by atoms with Crippen LogP contribution in [-0.4, -0.2) is 4.98 Å². The molecule has 0 aliphatic heterocycles. The van der Waals surface area contributed by atoms with Gasteiger partial charge in [-0.3, -0.25) is 4.98 Å². The van der Waals surface area contributed by atoms with Gasteiger partial charge in [0, 0.05) is 23.2 Å². The third kappa shape index (κ3) is 1.16. The molecule has 1 aromatic heterocycles. The first-order valence-corrected chi connectivity index (χ1v) is 3.89. The molecule has 0 spiro atoms. The molecule has 0 amide bonds. The topological polar surface area (TPSA) is 12.9 Å². The van der Waals surface area contributed by atoms with Crippen molar-refractivity contribution >= 4 is 10.9 Å². The smallest absolute Gasteiger partial charge is 0.135 e. The molecular formula is C10H7F2N. The number of hydrogen-bond donors (Lipinski definition) is 0. The summed E-state index contributed by atoms with van der Waals surface area (Å²) < 4.78 is 26.2. The molecule has 3 heteroatoms. The minimum absolute atomic E-state index is 0.362. The summed E-state index contributed by atoms with van der Waals surface area (Å²) in [5, 5.41) is 0.362. The molecule has 0 fully saturated rings. The Bertz CT molecular complexity index is 466. The van der Waals surface area contributed by atoms with Gasteiger partial charge in [0.25, 0.3) is 0 Å². The average molecular weight is 179 g/mol. The number of benzene rings is 1. The lowest BCUT2D eigenvalue weighted by atomic mass is 10.1. The second kappa shape index (κ2) is 2.76. The fourth-order valence-corrected chi connectivity index (χ4v) is 1.31. The Morgan fingerprint density at radius 1 is 1.23 bits per heavy atom. The van der Waals surface area contributed by atoms with Crippen molar-refractivity contribution in [1.82, 2.24) is 4.98 Å². The van der Waals surface area contributed by atoms with Crippen molar-refractivity contribution in [2.45, 2.75) is 6.92 Å². The van der Waals surface area contributed by atoms with Crippen LogP contribution in [0.3, 0.4) is 0 Å². The lowest BCUT2D eigenvalue weighted by molar-refractivity contribution is 0.585. The molecule has 0 radical (unpaired) electrons. The van der Waals surface area contributed by atoms with Crippen molar-refractivity contribution < 1.29 is 8.78 Å². The van der Waals surface area contributed by atoms with Crippen LogP contribution in [0.5, 0.6) is 0 Å². The zero-order valence-corrected chi connectivity index (χ0v) is 7.01. The lowest BCUT2D eigenvalue weighted by Crippen LogP contribution is -1.91. The SMILES string of the molecule is Cc1c(F)cc(F)c2cccnc12. The minimum atomic E-state index is -0.564. The highest BCUT2D eigenvalue weighted by atomic mass is 19.1. The maximum atomic E-state index is 13.1. The highest BCUT2D eigenvalue weighted by molar-refractivity contribution is 5.82. The van der Waals surface area contributed by atoms with Crippen LogP contribution in [0.1, 0.15) is 5.56 Å². The first-order valence-electron chi connectivity index (χ1n) is 3.89. The number of fused-ring (bicyclic) bond motifs is 1. The van der Waals surface area contributed by atoms with Gasteiger partial charge in [0.1, 0.15) is 11.6 Å². The summed E-state index contributed by atoms with van der Waals surface area (Å²) >= 11 is 0. The Kier molecular flexibility index (Phi) is 1.72. The number of aryl methyl sites for hydroxylation is 1. The van der Waals surface area contributed by atoms with Crippen LogP contribution in [-0.2, 0) is 0 Å². The van der Waals surface area contributed by atoms with Crippen molar-refractivity contribution in [1.29, 1.82) is 0 Å². The lowest BCUT2D eigenvalue weighted by Gasteiger charge is -2.02. The van der Waals surface area contributed by atoms with Crippen molar-refractivity contribution in [2.75, 3.05) is 0 Å². The number of halogens is 2. The first-order chi connectivity index (χ1) is 6.20. The maximum absolute atomic E-state index is 13.1. The summed E-state index contributed by atoms with van der Waals surface area (Å²) in [7, 11) is 0. The minimum Gasteiger partial charge on any atom is -0.256 e. The summed E-state index contributed by atoms with van der Waals surface area (Å²) in [6, 6.07) is 4.10. The van der Waals surface area contributed by atoms with E-state index in [1.54, 1.807) is 19.1 Å². The van der Waals surface area contributed by atoms with E-state index in [2.05, 4.69) is 4.98 Å². The highest BCUT2D eigenvalue weighted by Crippen LogP contribution is 2.21. The van der Waals surface area contributed by atoms with E-state index in [0.29, 0.717) is 16.5 Å². The van der Waals surface area contributed by atoms with Gasteiger partial charge in [0.2, 0.25) is 0 Å². The number of aromatic nitrogens is 1. The molecule has 0 aliphatic carbocycles. The molecule has 0 bridgehead atoms. The summed E-state index contributed by atoms with van der Waals surface area (Å²) in [5.74, 6) is -1.12. The molecule has 2 aromatic rings. The standard InChI is InChI=1S/C10H7F2N/c1-6-8(11)5-9(12)7-3-2-4-13-10(6)7/h2-5H,1H3. The second-order valence-electron chi connectivity index (χ2n) is 2.86.